The Morgan fingerprint density at radius 2 is 1.70 bits per heavy atom. The van der Waals surface area contributed by atoms with Crippen molar-refractivity contribution in [3.8, 4) is 0 Å². The summed E-state index contributed by atoms with van der Waals surface area (Å²) in [7, 11) is 0. The number of carbonyl (C=O) groups is 1. The second-order valence-electron chi connectivity index (χ2n) is 8.61. The van der Waals surface area contributed by atoms with E-state index < -0.39 is 0 Å². The van der Waals surface area contributed by atoms with Crippen LogP contribution >= 0.6 is 11.8 Å². The molecule has 1 N–H and O–H groups in total. The number of benzene rings is 3. The molecule has 5 heteroatoms. The first kappa shape index (κ1) is 21.8. The van der Waals surface area contributed by atoms with Crippen LogP contribution in [-0.2, 0) is 6.42 Å². The minimum atomic E-state index is -0.0349. The van der Waals surface area contributed by atoms with Crippen molar-refractivity contribution >= 4 is 29.2 Å². The number of hydrogen-bond acceptors (Lipinski definition) is 4. The molecule has 5 rings (SSSR count). The van der Waals surface area contributed by atoms with Gasteiger partial charge < -0.3 is 10.2 Å². The summed E-state index contributed by atoms with van der Waals surface area (Å²) in [6.45, 7) is 2.73. The molecule has 2 aliphatic heterocycles. The maximum Gasteiger partial charge on any atom is 0.251 e. The number of hydrogen-bond donors (Lipinski definition) is 1. The fraction of sp³-hybridized carbons (Fsp3) is 0.286. The molecular formula is C28H29N3OS. The normalized spacial score (nSPS) is 15.2. The second-order valence-corrected chi connectivity index (χ2v) is 9.69. The van der Waals surface area contributed by atoms with Gasteiger partial charge in [-0.15, -0.1) is 0 Å². The molecule has 0 bridgehead atoms. The van der Waals surface area contributed by atoms with Gasteiger partial charge in [0, 0.05) is 40.6 Å². The fourth-order valence-corrected chi connectivity index (χ4v) is 5.45. The molecule has 0 aromatic heterocycles. The van der Waals surface area contributed by atoms with Gasteiger partial charge in [-0.3, -0.25) is 4.79 Å². The second kappa shape index (κ2) is 10.3. The molecule has 4 nitrogen and oxygen atoms in total. The smallest absolute Gasteiger partial charge is 0.251 e. The Morgan fingerprint density at radius 3 is 2.55 bits per heavy atom. The molecule has 1 amide bonds. The number of likely N-dealkylation sites (tertiary alicyclic amines) is 1. The van der Waals surface area contributed by atoms with Gasteiger partial charge in [-0.1, -0.05) is 60.3 Å². The van der Waals surface area contributed by atoms with Crippen LogP contribution in [0.1, 0.15) is 47.2 Å². The first-order valence-corrected chi connectivity index (χ1v) is 12.7. The van der Waals surface area contributed by atoms with E-state index in [2.05, 4.69) is 58.7 Å². The maximum atomic E-state index is 12.9. The lowest BCUT2D eigenvalue weighted by Crippen LogP contribution is -2.36. The van der Waals surface area contributed by atoms with Gasteiger partial charge in [-0.05, 0) is 61.9 Å². The number of amides is 1. The van der Waals surface area contributed by atoms with E-state index in [-0.39, 0.29) is 5.91 Å². The van der Waals surface area contributed by atoms with E-state index in [1.54, 1.807) is 11.8 Å². The predicted octanol–water partition coefficient (Wildman–Crippen LogP) is 6.08. The van der Waals surface area contributed by atoms with Gasteiger partial charge in [0.1, 0.15) is 5.84 Å². The first-order valence-electron chi connectivity index (χ1n) is 11.8. The van der Waals surface area contributed by atoms with Crippen molar-refractivity contribution in [1.82, 2.24) is 10.2 Å². The van der Waals surface area contributed by atoms with Crippen molar-refractivity contribution < 1.29 is 4.79 Å². The van der Waals surface area contributed by atoms with E-state index in [4.69, 9.17) is 4.99 Å². The van der Waals surface area contributed by atoms with Gasteiger partial charge >= 0.3 is 0 Å². The van der Waals surface area contributed by atoms with E-state index in [0.717, 1.165) is 42.3 Å². The number of aliphatic imine (C=N–C) groups is 1. The summed E-state index contributed by atoms with van der Waals surface area (Å²) >= 11 is 1.74. The zero-order valence-electron chi connectivity index (χ0n) is 18.8. The Balaban J connectivity index is 1.34. The van der Waals surface area contributed by atoms with Gasteiger partial charge in [-0.2, -0.15) is 0 Å². The Bertz CT molecular complexity index is 1150. The number of carbonyl (C=O) groups excluding carboxylic acids is 1. The Kier molecular flexibility index (Phi) is 6.77. The summed E-state index contributed by atoms with van der Waals surface area (Å²) in [5, 5.41) is 3.08. The highest BCUT2D eigenvalue weighted by Crippen LogP contribution is 2.41. The zero-order chi connectivity index (χ0) is 22.5. The Morgan fingerprint density at radius 1 is 0.909 bits per heavy atom. The highest BCUT2D eigenvalue weighted by molar-refractivity contribution is 7.99. The molecule has 0 saturated carbocycles. The summed E-state index contributed by atoms with van der Waals surface area (Å²) in [5.41, 5.74) is 4.04. The monoisotopic (exact) mass is 455 g/mol. The highest BCUT2D eigenvalue weighted by Gasteiger charge is 2.23. The number of amidine groups is 1. The van der Waals surface area contributed by atoms with Crippen LogP contribution in [-0.4, -0.2) is 36.3 Å². The molecule has 1 fully saturated rings. The lowest BCUT2D eigenvalue weighted by atomic mass is 10.1. The van der Waals surface area contributed by atoms with E-state index in [9.17, 15) is 4.79 Å². The van der Waals surface area contributed by atoms with Crippen molar-refractivity contribution in [2.45, 2.75) is 41.9 Å². The van der Waals surface area contributed by atoms with E-state index >= 15 is 0 Å². The Hall–Kier alpha value is -3.05. The third-order valence-corrected chi connectivity index (χ3v) is 7.36. The van der Waals surface area contributed by atoms with Gasteiger partial charge in [0.15, 0.2) is 0 Å². The fourth-order valence-electron chi connectivity index (χ4n) is 4.45. The topological polar surface area (TPSA) is 44.7 Å². The van der Waals surface area contributed by atoms with Crippen molar-refractivity contribution in [2.75, 3.05) is 19.6 Å². The summed E-state index contributed by atoms with van der Waals surface area (Å²) in [5.74, 6) is 1.00. The number of nitrogens with zero attached hydrogens (tertiary/aromatic N) is 2. The van der Waals surface area contributed by atoms with E-state index in [0.29, 0.717) is 12.1 Å². The Labute approximate surface area is 200 Å². The van der Waals surface area contributed by atoms with E-state index in [1.165, 1.54) is 35.3 Å². The minimum absolute atomic E-state index is 0.0349. The standard InChI is InChI=1S/C28H29N3OS/c32-28(29-17-9-12-21-10-3-1-4-11-21)22-15-16-26-24(20-22)30-27(31-18-7-2-8-19-31)23-13-5-6-14-25(23)33-26/h1,3-6,10-11,13-16,20H,2,7-9,12,17-19H2,(H,29,32). The van der Waals surface area contributed by atoms with Crippen molar-refractivity contribution in [1.29, 1.82) is 0 Å². The van der Waals surface area contributed by atoms with Crippen molar-refractivity contribution in [3.63, 3.8) is 0 Å². The van der Waals surface area contributed by atoms with Crippen LogP contribution in [0.4, 0.5) is 5.69 Å². The zero-order valence-corrected chi connectivity index (χ0v) is 19.6. The minimum Gasteiger partial charge on any atom is -0.356 e. The molecule has 0 atom stereocenters. The number of rotatable bonds is 5. The number of aryl methyl sites for hydroxylation is 1. The summed E-state index contributed by atoms with van der Waals surface area (Å²) in [6, 6.07) is 24.8. The molecule has 1 saturated heterocycles. The van der Waals surface area contributed by atoms with Gasteiger partial charge in [0.05, 0.1) is 5.69 Å². The lowest BCUT2D eigenvalue weighted by Gasteiger charge is -2.30. The van der Waals surface area contributed by atoms with Crippen LogP contribution in [0.2, 0.25) is 0 Å². The molecule has 0 unspecified atom stereocenters. The molecule has 0 spiro atoms. The molecule has 2 heterocycles. The van der Waals surface area contributed by atoms with Gasteiger partial charge in [0.2, 0.25) is 0 Å². The molecule has 3 aromatic rings. The molecule has 0 aliphatic carbocycles. The van der Waals surface area contributed by atoms with Crippen LogP contribution in [0.15, 0.2) is 87.6 Å². The van der Waals surface area contributed by atoms with Crippen LogP contribution in [0.3, 0.4) is 0 Å². The van der Waals surface area contributed by atoms with Gasteiger partial charge in [0.25, 0.3) is 5.91 Å². The first-order chi connectivity index (χ1) is 16.3. The SMILES string of the molecule is O=C(NCCCc1ccccc1)c1ccc2c(c1)N=C(N1CCCCC1)c1ccccc1S2. The predicted molar refractivity (Wildman–Crippen MR) is 136 cm³/mol. The lowest BCUT2D eigenvalue weighted by molar-refractivity contribution is 0.0953. The molecule has 168 valence electrons. The van der Waals surface area contributed by atoms with Crippen LogP contribution in [0.25, 0.3) is 0 Å². The van der Waals surface area contributed by atoms with Crippen LogP contribution in [0.5, 0.6) is 0 Å². The summed E-state index contributed by atoms with van der Waals surface area (Å²) < 4.78 is 0. The molecule has 3 aromatic carbocycles. The highest BCUT2D eigenvalue weighted by atomic mass is 32.2. The molecule has 33 heavy (non-hydrogen) atoms. The van der Waals surface area contributed by atoms with Crippen LogP contribution in [0, 0.1) is 0 Å². The number of nitrogens with one attached hydrogen (secondary N) is 1. The molecule has 0 radical (unpaired) electrons. The number of fused-ring (bicyclic) bond motifs is 2. The average molecular weight is 456 g/mol. The third-order valence-electron chi connectivity index (χ3n) is 6.22. The maximum absolute atomic E-state index is 12.9. The average Bonchev–Trinajstić information content (AvgIpc) is 3.04. The third kappa shape index (κ3) is 5.14. The summed E-state index contributed by atoms with van der Waals surface area (Å²) in [4.78, 5) is 22.7. The molecule has 2 aliphatic rings. The van der Waals surface area contributed by atoms with Crippen LogP contribution < -0.4 is 5.32 Å². The molecular weight excluding hydrogens is 426 g/mol. The largest absolute Gasteiger partial charge is 0.356 e. The van der Waals surface area contributed by atoms with Gasteiger partial charge in [-0.25, -0.2) is 4.99 Å². The summed E-state index contributed by atoms with van der Waals surface area (Å²) in [6.07, 6.45) is 5.57. The van der Waals surface area contributed by atoms with Crippen molar-refractivity contribution in [3.05, 3.63) is 89.5 Å². The number of piperidine rings is 1. The quantitative estimate of drug-likeness (QED) is 0.474. The van der Waals surface area contributed by atoms with Crippen molar-refractivity contribution in [2.24, 2.45) is 4.99 Å². The van der Waals surface area contributed by atoms with E-state index in [1.807, 2.05) is 24.3 Å².